The largest absolute Gasteiger partial charge is 0.465 e. The molecule has 0 aliphatic heterocycles. The number of amides is 2. The lowest BCUT2D eigenvalue weighted by Gasteiger charge is -2.21. The molecule has 0 saturated carbocycles. The number of nitrogens with zero attached hydrogens (tertiary/aromatic N) is 3. The number of nitrogens with one attached hydrogen (secondary N) is 2. The number of alkyl carbamates (subject to hydrolysis) is 1. The number of thiophene rings is 1. The minimum atomic E-state index is -0.470. The molecule has 0 radical (unpaired) electrons. The van der Waals surface area contributed by atoms with Crippen LogP contribution in [0.15, 0.2) is 41.4 Å². The number of aromatic nitrogens is 2. The second-order valence-electron chi connectivity index (χ2n) is 7.71. The van der Waals surface area contributed by atoms with Crippen molar-refractivity contribution < 1.29 is 18.7 Å². The van der Waals surface area contributed by atoms with Crippen molar-refractivity contribution in [2.24, 2.45) is 13.0 Å². The summed E-state index contributed by atoms with van der Waals surface area (Å²) in [7, 11) is 1.86. The van der Waals surface area contributed by atoms with Gasteiger partial charge in [-0.1, -0.05) is 0 Å². The van der Waals surface area contributed by atoms with Crippen LogP contribution in [-0.4, -0.2) is 28.2 Å². The molecule has 3 aromatic heterocycles. The van der Waals surface area contributed by atoms with Crippen LogP contribution < -0.4 is 10.6 Å². The van der Waals surface area contributed by atoms with Gasteiger partial charge >= 0.3 is 6.09 Å². The molecule has 2 amide bonds. The fourth-order valence-corrected chi connectivity index (χ4v) is 4.98. The lowest BCUT2D eigenvalue weighted by molar-refractivity contribution is -0.111. The van der Waals surface area contributed by atoms with Gasteiger partial charge in [0.2, 0.25) is 5.91 Å². The Morgan fingerprint density at radius 3 is 3.09 bits per heavy atom. The van der Waals surface area contributed by atoms with Crippen molar-refractivity contribution in [3.05, 3.63) is 64.5 Å². The Balaban J connectivity index is 1.31. The summed E-state index contributed by atoms with van der Waals surface area (Å²) in [5.41, 5.74) is 2.37. The van der Waals surface area contributed by atoms with Crippen LogP contribution in [0.25, 0.3) is 6.08 Å². The van der Waals surface area contributed by atoms with E-state index in [0.29, 0.717) is 42.3 Å². The fourth-order valence-electron chi connectivity index (χ4n) is 3.66. The Bertz CT molecular complexity index is 1200. The SMILES string of the molecule is Cn1cncc1CNC(=O)OCC1CCc2c(sc(NC(=O)C=Cc3ccco3)c2C#N)C1. The summed E-state index contributed by atoms with van der Waals surface area (Å²) < 4.78 is 12.4. The number of hydrogen-bond donors (Lipinski definition) is 2. The minimum absolute atomic E-state index is 0.160. The number of aryl methyl sites for hydroxylation is 1. The van der Waals surface area contributed by atoms with Gasteiger partial charge < -0.3 is 24.4 Å². The summed E-state index contributed by atoms with van der Waals surface area (Å²) in [4.78, 5) is 29.4. The predicted molar refractivity (Wildman–Crippen MR) is 122 cm³/mol. The molecule has 1 aliphatic rings. The van der Waals surface area contributed by atoms with Crippen LogP contribution in [0.5, 0.6) is 0 Å². The molecule has 0 fully saturated rings. The summed E-state index contributed by atoms with van der Waals surface area (Å²) >= 11 is 1.41. The first kappa shape index (κ1) is 22.4. The second-order valence-corrected chi connectivity index (χ2v) is 8.82. The topological polar surface area (TPSA) is 122 Å². The van der Waals surface area contributed by atoms with E-state index in [-0.39, 0.29) is 11.8 Å². The third-order valence-corrected chi connectivity index (χ3v) is 6.61. The van der Waals surface area contributed by atoms with Crippen molar-refractivity contribution in [1.82, 2.24) is 14.9 Å². The number of furan rings is 1. The van der Waals surface area contributed by atoms with E-state index in [1.165, 1.54) is 23.7 Å². The molecule has 10 heteroatoms. The molecule has 0 spiro atoms. The normalized spacial score (nSPS) is 15.1. The monoisotopic (exact) mass is 465 g/mol. The number of imidazole rings is 1. The van der Waals surface area contributed by atoms with E-state index in [9.17, 15) is 14.9 Å². The lowest BCUT2D eigenvalue weighted by Crippen LogP contribution is -2.28. The van der Waals surface area contributed by atoms with Crippen LogP contribution >= 0.6 is 11.3 Å². The standard InChI is InChI=1S/C23H23N5O4S/c1-28-14-25-11-16(28)12-26-23(30)32-13-15-4-6-18-19(10-24)22(33-20(18)9-15)27-21(29)7-5-17-3-2-8-31-17/h2-3,5,7-8,11,14-15H,4,6,9,12-13H2,1H3,(H,26,30)(H,27,29). The Kier molecular flexibility index (Phi) is 6.90. The zero-order chi connectivity index (χ0) is 23.2. The number of rotatable bonds is 7. The van der Waals surface area contributed by atoms with Crippen molar-refractivity contribution >= 4 is 34.4 Å². The van der Waals surface area contributed by atoms with E-state index < -0.39 is 6.09 Å². The third kappa shape index (κ3) is 5.51. The molecule has 4 rings (SSSR count). The number of carbonyl (C=O) groups excluding carboxylic acids is 2. The van der Waals surface area contributed by atoms with Crippen LogP contribution in [0.4, 0.5) is 9.80 Å². The maximum atomic E-state index is 12.3. The number of hydrogen-bond acceptors (Lipinski definition) is 7. The summed E-state index contributed by atoms with van der Waals surface area (Å²) in [5.74, 6) is 0.405. The van der Waals surface area contributed by atoms with Crippen molar-refractivity contribution in [1.29, 1.82) is 5.26 Å². The van der Waals surface area contributed by atoms with Crippen molar-refractivity contribution in [2.75, 3.05) is 11.9 Å². The molecule has 1 atom stereocenters. The molecule has 0 aromatic carbocycles. The first-order valence-electron chi connectivity index (χ1n) is 10.5. The number of anilines is 1. The van der Waals surface area contributed by atoms with Gasteiger partial charge in [-0.05, 0) is 49.0 Å². The molecule has 3 heterocycles. The van der Waals surface area contributed by atoms with Gasteiger partial charge in [0.25, 0.3) is 0 Å². The highest BCUT2D eigenvalue weighted by Gasteiger charge is 2.27. The maximum Gasteiger partial charge on any atom is 0.407 e. The van der Waals surface area contributed by atoms with E-state index in [1.807, 2.05) is 11.6 Å². The van der Waals surface area contributed by atoms with E-state index in [4.69, 9.17) is 9.15 Å². The summed E-state index contributed by atoms with van der Waals surface area (Å²) in [5, 5.41) is 15.7. The molecule has 1 unspecified atom stereocenters. The van der Waals surface area contributed by atoms with Gasteiger partial charge in [-0.25, -0.2) is 9.78 Å². The van der Waals surface area contributed by atoms with E-state index in [1.54, 1.807) is 30.7 Å². The summed E-state index contributed by atoms with van der Waals surface area (Å²) in [6.07, 6.45) is 9.57. The molecule has 9 nitrogen and oxygen atoms in total. The van der Waals surface area contributed by atoms with Gasteiger partial charge in [0.05, 0.1) is 37.0 Å². The Morgan fingerprint density at radius 2 is 2.36 bits per heavy atom. The van der Waals surface area contributed by atoms with Gasteiger partial charge in [-0.2, -0.15) is 5.26 Å². The Labute approximate surface area is 194 Å². The molecule has 0 bridgehead atoms. The van der Waals surface area contributed by atoms with E-state index in [0.717, 1.165) is 22.6 Å². The molecule has 0 saturated heterocycles. The summed E-state index contributed by atoms with van der Waals surface area (Å²) in [6, 6.07) is 5.71. The van der Waals surface area contributed by atoms with E-state index >= 15 is 0 Å². The lowest BCUT2D eigenvalue weighted by atomic mass is 9.88. The van der Waals surface area contributed by atoms with Crippen LogP contribution in [0.1, 0.15) is 33.9 Å². The molecule has 3 aromatic rings. The Hall–Kier alpha value is -3.84. The van der Waals surface area contributed by atoms with Gasteiger partial charge in [0, 0.05) is 24.2 Å². The smallest absolute Gasteiger partial charge is 0.407 e. The zero-order valence-corrected chi connectivity index (χ0v) is 18.9. The van der Waals surface area contributed by atoms with Crippen LogP contribution in [0.3, 0.4) is 0 Å². The zero-order valence-electron chi connectivity index (χ0n) is 18.0. The number of fused-ring (bicyclic) bond motifs is 1. The molecule has 1 aliphatic carbocycles. The first-order chi connectivity index (χ1) is 16.0. The summed E-state index contributed by atoms with van der Waals surface area (Å²) in [6.45, 7) is 0.641. The molecular weight excluding hydrogens is 442 g/mol. The number of ether oxygens (including phenoxy) is 1. The molecule has 2 N–H and O–H groups in total. The molecular formula is C23H23N5O4S. The molecule has 170 valence electrons. The van der Waals surface area contributed by atoms with Crippen LogP contribution in [0, 0.1) is 17.2 Å². The van der Waals surface area contributed by atoms with Gasteiger partial charge in [-0.3, -0.25) is 4.79 Å². The van der Waals surface area contributed by atoms with Gasteiger partial charge in [0.1, 0.15) is 16.8 Å². The quantitative estimate of drug-likeness (QED) is 0.514. The van der Waals surface area contributed by atoms with Crippen LogP contribution in [0.2, 0.25) is 0 Å². The van der Waals surface area contributed by atoms with E-state index in [2.05, 4.69) is 21.7 Å². The highest BCUT2D eigenvalue weighted by molar-refractivity contribution is 7.16. The van der Waals surface area contributed by atoms with Crippen LogP contribution in [-0.2, 0) is 36.0 Å². The highest BCUT2D eigenvalue weighted by atomic mass is 32.1. The average Bonchev–Trinajstić information content (AvgIpc) is 3.54. The van der Waals surface area contributed by atoms with Crippen molar-refractivity contribution in [2.45, 2.75) is 25.8 Å². The van der Waals surface area contributed by atoms with Crippen molar-refractivity contribution in [3.8, 4) is 6.07 Å². The second kappa shape index (κ2) is 10.2. The minimum Gasteiger partial charge on any atom is -0.465 e. The number of nitriles is 1. The average molecular weight is 466 g/mol. The molecule has 33 heavy (non-hydrogen) atoms. The van der Waals surface area contributed by atoms with Gasteiger partial charge in [-0.15, -0.1) is 11.3 Å². The fraction of sp³-hybridized carbons (Fsp3) is 0.304. The third-order valence-electron chi connectivity index (χ3n) is 5.44. The number of carbonyl (C=O) groups is 2. The highest BCUT2D eigenvalue weighted by Crippen LogP contribution is 2.39. The van der Waals surface area contributed by atoms with Gasteiger partial charge in [0.15, 0.2) is 0 Å². The van der Waals surface area contributed by atoms with Crippen molar-refractivity contribution in [3.63, 3.8) is 0 Å². The maximum absolute atomic E-state index is 12.3. The first-order valence-corrected chi connectivity index (χ1v) is 11.3. The Morgan fingerprint density at radius 1 is 1.48 bits per heavy atom. The predicted octanol–water partition coefficient (Wildman–Crippen LogP) is 3.63.